The highest BCUT2D eigenvalue weighted by Gasteiger charge is 2.26. The van der Waals surface area contributed by atoms with Crippen molar-refractivity contribution >= 4 is 16.9 Å². The van der Waals surface area contributed by atoms with Gasteiger partial charge in [-0.25, -0.2) is 0 Å². The highest BCUT2D eigenvalue weighted by atomic mass is 15.2. The molecule has 0 aliphatic heterocycles. The van der Waals surface area contributed by atoms with Crippen molar-refractivity contribution in [1.82, 2.24) is 0 Å². The quantitative estimate of drug-likeness (QED) is 0.293. The second kappa shape index (κ2) is 9.27. The van der Waals surface area contributed by atoms with Crippen molar-refractivity contribution in [3.63, 3.8) is 0 Å². The molecule has 0 saturated carbocycles. The van der Waals surface area contributed by atoms with E-state index < -0.39 is 0 Å². The zero-order valence-corrected chi connectivity index (χ0v) is 20.0. The lowest BCUT2D eigenvalue weighted by Gasteiger charge is -2.32. The summed E-state index contributed by atoms with van der Waals surface area (Å²) in [5, 5.41) is 0. The first-order chi connectivity index (χ1) is 17.3. The molecule has 0 radical (unpaired) electrons. The summed E-state index contributed by atoms with van der Waals surface area (Å²) >= 11 is 0. The second-order valence-corrected chi connectivity index (χ2v) is 9.37. The summed E-state index contributed by atoms with van der Waals surface area (Å²) in [7, 11) is 0. The first-order valence-corrected chi connectivity index (χ1v) is 12.4. The van der Waals surface area contributed by atoms with Gasteiger partial charge in [-0.15, -0.1) is 0 Å². The number of fused-ring (bicyclic) bond motifs is 3. The van der Waals surface area contributed by atoms with Gasteiger partial charge in [-0.1, -0.05) is 109 Å². The van der Waals surface area contributed by atoms with Crippen LogP contribution in [0, 0.1) is 0 Å². The maximum atomic E-state index is 2.44. The summed E-state index contributed by atoms with van der Waals surface area (Å²) in [6.45, 7) is 2.24. The van der Waals surface area contributed by atoms with E-state index >= 15 is 0 Å². The minimum absolute atomic E-state index is 0.294. The first-order valence-electron chi connectivity index (χ1n) is 12.4. The van der Waals surface area contributed by atoms with Crippen LogP contribution in [0.1, 0.15) is 36.0 Å². The van der Waals surface area contributed by atoms with Gasteiger partial charge in [-0.3, -0.25) is 0 Å². The molecule has 4 aromatic carbocycles. The smallest absolute Gasteiger partial charge is 0.0559 e. The Kier molecular flexibility index (Phi) is 5.68. The molecule has 1 atom stereocenters. The Balaban J connectivity index is 1.33. The molecule has 0 heterocycles. The number of nitrogens with zero attached hydrogens (tertiary/aromatic N) is 1. The van der Waals surface area contributed by atoms with Crippen LogP contribution < -0.4 is 4.90 Å². The van der Waals surface area contributed by atoms with Gasteiger partial charge in [0.1, 0.15) is 0 Å². The van der Waals surface area contributed by atoms with Crippen LogP contribution in [-0.2, 0) is 0 Å². The van der Waals surface area contributed by atoms with Crippen molar-refractivity contribution in [2.75, 3.05) is 4.90 Å². The molecule has 170 valence electrons. The Bertz CT molecular complexity index is 1380. The molecule has 1 unspecified atom stereocenters. The van der Waals surface area contributed by atoms with E-state index in [0.717, 1.165) is 6.42 Å². The Morgan fingerprint density at radius 3 is 1.91 bits per heavy atom. The summed E-state index contributed by atoms with van der Waals surface area (Å²) in [5.41, 5.74) is 10.5. The highest BCUT2D eigenvalue weighted by molar-refractivity contribution is 5.81. The van der Waals surface area contributed by atoms with Gasteiger partial charge in [0.15, 0.2) is 0 Å². The van der Waals surface area contributed by atoms with Crippen molar-refractivity contribution in [2.45, 2.75) is 25.3 Å². The Labute approximate surface area is 208 Å². The summed E-state index contributed by atoms with van der Waals surface area (Å²) in [4.78, 5) is 2.44. The number of para-hydroxylation sites is 1. The average molecular weight is 452 g/mol. The molecular formula is C34H29N. The normalized spacial score (nSPS) is 16.7. The summed E-state index contributed by atoms with van der Waals surface area (Å²) in [5.74, 6) is 0.294. The third-order valence-corrected chi connectivity index (χ3v) is 7.22. The number of allylic oxidation sites excluding steroid dienone is 4. The monoisotopic (exact) mass is 451 g/mol. The van der Waals surface area contributed by atoms with E-state index in [9.17, 15) is 0 Å². The lowest BCUT2D eigenvalue weighted by atomic mass is 9.92. The fourth-order valence-electron chi connectivity index (χ4n) is 5.48. The third kappa shape index (κ3) is 4.04. The molecule has 2 aliphatic carbocycles. The van der Waals surface area contributed by atoms with Crippen molar-refractivity contribution < 1.29 is 0 Å². The molecule has 0 fully saturated rings. The number of benzene rings is 4. The van der Waals surface area contributed by atoms with E-state index in [1.807, 2.05) is 0 Å². The van der Waals surface area contributed by atoms with Crippen molar-refractivity contribution in [2.24, 2.45) is 0 Å². The molecular weight excluding hydrogens is 422 g/mol. The van der Waals surface area contributed by atoms with E-state index in [2.05, 4.69) is 145 Å². The van der Waals surface area contributed by atoms with E-state index in [1.165, 1.54) is 44.8 Å². The van der Waals surface area contributed by atoms with Gasteiger partial charge in [-0.2, -0.15) is 0 Å². The van der Waals surface area contributed by atoms with Crippen LogP contribution in [0.25, 0.3) is 16.7 Å². The standard InChI is InChI=1S/C34H29N/c1-25(24-34-32-18-10-8-16-30(32)31-17-9-11-19-33(31)34)26-20-22-29(23-21-26)35(27-12-4-2-5-13-27)28-14-6-3-7-15-28/h2-14,16-24,28,34H,15H2,1H3/b25-24-. The molecule has 6 rings (SSSR count). The summed E-state index contributed by atoms with van der Waals surface area (Å²) in [6.07, 6.45) is 12.3. The van der Waals surface area contributed by atoms with Crippen LogP contribution in [0.2, 0.25) is 0 Å². The molecule has 0 amide bonds. The van der Waals surface area contributed by atoms with E-state index in [4.69, 9.17) is 0 Å². The third-order valence-electron chi connectivity index (χ3n) is 7.22. The van der Waals surface area contributed by atoms with Crippen molar-refractivity contribution in [1.29, 1.82) is 0 Å². The molecule has 0 bridgehead atoms. The zero-order chi connectivity index (χ0) is 23.6. The number of hydrogen-bond acceptors (Lipinski definition) is 1. The largest absolute Gasteiger partial charge is 0.334 e. The minimum atomic E-state index is 0.294. The zero-order valence-electron chi connectivity index (χ0n) is 20.0. The maximum absolute atomic E-state index is 2.44. The van der Waals surface area contributed by atoms with Gasteiger partial charge in [0.25, 0.3) is 0 Å². The van der Waals surface area contributed by atoms with Crippen LogP contribution in [0.3, 0.4) is 0 Å². The molecule has 4 aromatic rings. The molecule has 2 aliphatic rings. The predicted molar refractivity (Wildman–Crippen MR) is 149 cm³/mol. The topological polar surface area (TPSA) is 3.24 Å². The fourth-order valence-corrected chi connectivity index (χ4v) is 5.48. The average Bonchev–Trinajstić information content (AvgIpc) is 3.24. The molecule has 0 N–H and O–H groups in total. The van der Waals surface area contributed by atoms with E-state index in [0.29, 0.717) is 12.0 Å². The van der Waals surface area contributed by atoms with Crippen LogP contribution >= 0.6 is 0 Å². The molecule has 0 aromatic heterocycles. The Morgan fingerprint density at radius 2 is 1.29 bits per heavy atom. The van der Waals surface area contributed by atoms with Gasteiger partial charge in [-0.05, 0) is 71.0 Å². The fraction of sp³-hybridized carbons (Fsp3) is 0.118. The SMILES string of the molecule is C/C(=C/C1c2ccccc2-c2ccccc21)c1ccc(N(c2ccccc2)C2C=CC=CC2)cc1. The molecule has 1 heteroatoms. The number of anilines is 2. The lowest BCUT2D eigenvalue weighted by Crippen LogP contribution is -2.29. The van der Waals surface area contributed by atoms with Gasteiger partial charge in [0.05, 0.1) is 6.04 Å². The van der Waals surface area contributed by atoms with Gasteiger partial charge >= 0.3 is 0 Å². The summed E-state index contributed by atoms with van der Waals surface area (Å²) in [6, 6.07) is 37.7. The Morgan fingerprint density at radius 1 is 0.686 bits per heavy atom. The molecule has 0 saturated heterocycles. The molecule has 35 heavy (non-hydrogen) atoms. The van der Waals surface area contributed by atoms with Crippen LogP contribution in [0.5, 0.6) is 0 Å². The lowest BCUT2D eigenvalue weighted by molar-refractivity contribution is 0.785. The van der Waals surface area contributed by atoms with E-state index in [-0.39, 0.29) is 0 Å². The first kappa shape index (κ1) is 21.4. The molecule has 0 spiro atoms. The second-order valence-electron chi connectivity index (χ2n) is 9.37. The predicted octanol–water partition coefficient (Wildman–Crippen LogP) is 8.93. The highest BCUT2D eigenvalue weighted by Crippen LogP contribution is 2.46. The van der Waals surface area contributed by atoms with Crippen molar-refractivity contribution in [3.05, 3.63) is 150 Å². The van der Waals surface area contributed by atoms with Crippen LogP contribution in [0.4, 0.5) is 11.4 Å². The number of rotatable bonds is 5. The molecule has 1 nitrogen and oxygen atoms in total. The summed E-state index contributed by atoms with van der Waals surface area (Å²) < 4.78 is 0. The van der Waals surface area contributed by atoms with Gasteiger partial charge in [0, 0.05) is 17.3 Å². The van der Waals surface area contributed by atoms with Gasteiger partial charge < -0.3 is 4.90 Å². The van der Waals surface area contributed by atoms with Crippen LogP contribution in [0.15, 0.2) is 134 Å². The Hall–Kier alpha value is -4.10. The minimum Gasteiger partial charge on any atom is -0.334 e. The maximum Gasteiger partial charge on any atom is 0.0559 e. The van der Waals surface area contributed by atoms with Gasteiger partial charge in [0.2, 0.25) is 0 Å². The van der Waals surface area contributed by atoms with Crippen molar-refractivity contribution in [3.8, 4) is 11.1 Å². The van der Waals surface area contributed by atoms with E-state index in [1.54, 1.807) is 0 Å². The van der Waals surface area contributed by atoms with Crippen LogP contribution in [-0.4, -0.2) is 6.04 Å². The number of hydrogen-bond donors (Lipinski definition) is 0.